The van der Waals surface area contributed by atoms with Gasteiger partial charge in [0.1, 0.15) is 17.5 Å². The average molecular weight is 515 g/mol. The number of benzene rings is 2. The molecule has 1 aliphatic carbocycles. The molecule has 10 heteroatoms. The number of hydrogen-bond donors (Lipinski definition) is 4. The van der Waals surface area contributed by atoms with Crippen molar-refractivity contribution in [1.82, 2.24) is 25.6 Å². The fourth-order valence-electron chi connectivity index (χ4n) is 4.71. The van der Waals surface area contributed by atoms with Gasteiger partial charge in [-0.25, -0.2) is 0 Å². The molecule has 2 amide bonds. The predicted molar refractivity (Wildman–Crippen MR) is 145 cm³/mol. The fraction of sp³-hybridized carbons (Fsp3) is 0.286. The van der Waals surface area contributed by atoms with Crippen molar-refractivity contribution in [2.45, 2.75) is 31.8 Å². The average Bonchev–Trinajstić information content (AvgIpc) is 3.62. The molecule has 4 aromatic rings. The Balaban J connectivity index is 1.57. The molecule has 1 aliphatic rings. The van der Waals surface area contributed by atoms with Crippen molar-refractivity contribution in [1.29, 1.82) is 0 Å². The lowest BCUT2D eigenvalue weighted by Gasteiger charge is -2.16. The number of amides is 2. The highest BCUT2D eigenvalue weighted by molar-refractivity contribution is 6.00. The standard InChI is InChI=1S/C28H30N6O4/c1-29-25(35)17-8-6-7-16(13-17)20-15-31-24-23(20)27(38-19-9-4-5-10-19)34-28(33-24)32-21-12-11-18(26(36)30-2)14-22(21)37-3/h6-8,11-15,19H,4-5,9-10H2,1-3H3,(H,29,35)(H,30,36)(H2,31,32,33,34). The van der Waals surface area contributed by atoms with Crippen LogP contribution < -0.4 is 25.4 Å². The highest BCUT2D eigenvalue weighted by Crippen LogP contribution is 2.37. The van der Waals surface area contributed by atoms with Gasteiger partial charge in [0.2, 0.25) is 11.8 Å². The lowest BCUT2D eigenvalue weighted by Crippen LogP contribution is -2.17. The Morgan fingerprint density at radius 2 is 1.71 bits per heavy atom. The highest BCUT2D eigenvalue weighted by Gasteiger charge is 2.23. The number of fused-ring (bicyclic) bond motifs is 1. The van der Waals surface area contributed by atoms with Crippen LogP contribution in [-0.2, 0) is 0 Å². The van der Waals surface area contributed by atoms with Crippen molar-refractivity contribution in [3.63, 3.8) is 0 Å². The van der Waals surface area contributed by atoms with Crippen molar-refractivity contribution in [2.75, 3.05) is 26.5 Å². The van der Waals surface area contributed by atoms with E-state index in [0.29, 0.717) is 40.0 Å². The van der Waals surface area contributed by atoms with Gasteiger partial charge in [0.15, 0.2) is 0 Å². The Hall–Kier alpha value is -4.60. The van der Waals surface area contributed by atoms with Crippen LogP contribution in [0.2, 0.25) is 0 Å². The van der Waals surface area contributed by atoms with Gasteiger partial charge in [0.05, 0.1) is 18.2 Å². The minimum absolute atomic E-state index is 0.0716. The van der Waals surface area contributed by atoms with Gasteiger partial charge in [0, 0.05) is 37.0 Å². The molecule has 38 heavy (non-hydrogen) atoms. The number of aromatic amines is 1. The number of methoxy groups -OCH3 is 1. The van der Waals surface area contributed by atoms with Gasteiger partial charge in [0.25, 0.3) is 11.8 Å². The molecule has 2 aromatic heterocycles. The van der Waals surface area contributed by atoms with Gasteiger partial charge in [-0.1, -0.05) is 12.1 Å². The number of anilines is 2. The molecule has 1 fully saturated rings. The molecule has 1 saturated carbocycles. The van der Waals surface area contributed by atoms with Crippen LogP contribution in [0.5, 0.6) is 11.6 Å². The van der Waals surface area contributed by atoms with Crippen molar-refractivity contribution in [3.05, 3.63) is 59.8 Å². The zero-order valence-electron chi connectivity index (χ0n) is 21.6. The Morgan fingerprint density at radius 1 is 0.974 bits per heavy atom. The topological polar surface area (TPSA) is 130 Å². The molecule has 4 N–H and O–H groups in total. The number of carbonyl (C=O) groups excluding carboxylic acids is 2. The number of aromatic nitrogens is 3. The molecule has 196 valence electrons. The quantitative estimate of drug-likeness (QED) is 0.274. The van der Waals surface area contributed by atoms with Crippen LogP contribution in [-0.4, -0.2) is 54.1 Å². The Kier molecular flexibility index (Phi) is 7.12. The van der Waals surface area contributed by atoms with Crippen LogP contribution in [0.3, 0.4) is 0 Å². The molecule has 10 nitrogen and oxygen atoms in total. The third-order valence-corrected chi connectivity index (χ3v) is 6.68. The fourth-order valence-corrected chi connectivity index (χ4v) is 4.71. The number of rotatable bonds is 8. The van der Waals surface area contributed by atoms with Crippen molar-refractivity contribution in [2.24, 2.45) is 0 Å². The summed E-state index contributed by atoms with van der Waals surface area (Å²) in [6, 6.07) is 12.5. The molecule has 0 saturated heterocycles. The van der Waals surface area contributed by atoms with E-state index in [4.69, 9.17) is 19.4 Å². The summed E-state index contributed by atoms with van der Waals surface area (Å²) in [4.78, 5) is 37.0. The normalized spacial score (nSPS) is 13.3. The summed E-state index contributed by atoms with van der Waals surface area (Å²) in [5.74, 6) is 0.898. The van der Waals surface area contributed by atoms with Crippen LogP contribution in [0.4, 0.5) is 11.6 Å². The molecule has 2 heterocycles. The first-order valence-corrected chi connectivity index (χ1v) is 12.6. The van der Waals surface area contributed by atoms with Crippen molar-refractivity contribution < 1.29 is 19.1 Å². The van der Waals surface area contributed by atoms with Crippen LogP contribution in [0.25, 0.3) is 22.2 Å². The maximum Gasteiger partial charge on any atom is 0.251 e. The summed E-state index contributed by atoms with van der Waals surface area (Å²) in [5.41, 5.74) is 3.93. The van der Waals surface area contributed by atoms with Gasteiger partial charge in [-0.2, -0.15) is 9.97 Å². The predicted octanol–water partition coefficient (Wildman–Crippen LogP) is 4.42. The molecule has 0 aliphatic heterocycles. The molecule has 2 aromatic carbocycles. The second kappa shape index (κ2) is 10.8. The summed E-state index contributed by atoms with van der Waals surface area (Å²) < 4.78 is 11.9. The summed E-state index contributed by atoms with van der Waals surface area (Å²) in [7, 11) is 4.73. The van der Waals surface area contributed by atoms with E-state index in [9.17, 15) is 9.59 Å². The Labute approximate surface area is 220 Å². The zero-order valence-corrected chi connectivity index (χ0v) is 21.6. The van der Waals surface area contributed by atoms with E-state index in [1.54, 1.807) is 38.4 Å². The van der Waals surface area contributed by atoms with Gasteiger partial charge >= 0.3 is 0 Å². The number of carbonyl (C=O) groups is 2. The molecule has 0 atom stereocenters. The maximum absolute atomic E-state index is 12.2. The molecule has 0 unspecified atom stereocenters. The summed E-state index contributed by atoms with van der Waals surface area (Å²) in [6.45, 7) is 0. The van der Waals surface area contributed by atoms with Crippen LogP contribution in [0, 0.1) is 0 Å². The second-order valence-corrected chi connectivity index (χ2v) is 9.08. The monoisotopic (exact) mass is 514 g/mol. The van der Waals surface area contributed by atoms with Crippen LogP contribution in [0.1, 0.15) is 46.4 Å². The van der Waals surface area contributed by atoms with E-state index in [2.05, 4.69) is 20.9 Å². The van der Waals surface area contributed by atoms with Gasteiger partial charge in [-0.05, 0) is 61.6 Å². The zero-order chi connectivity index (χ0) is 26.6. The molecule has 0 radical (unpaired) electrons. The van der Waals surface area contributed by atoms with Gasteiger partial charge in [-0.3, -0.25) is 9.59 Å². The Morgan fingerprint density at radius 3 is 2.42 bits per heavy atom. The third kappa shape index (κ3) is 4.97. The molecular formula is C28H30N6O4. The van der Waals surface area contributed by atoms with Crippen molar-refractivity contribution >= 4 is 34.5 Å². The number of ether oxygens (including phenoxy) is 2. The van der Waals surface area contributed by atoms with E-state index in [1.807, 2.05) is 24.4 Å². The number of nitrogens with one attached hydrogen (secondary N) is 4. The maximum atomic E-state index is 12.2. The summed E-state index contributed by atoms with van der Waals surface area (Å²) in [5, 5.41) is 9.24. The van der Waals surface area contributed by atoms with Crippen molar-refractivity contribution in [3.8, 4) is 22.8 Å². The highest BCUT2D eigenvalue weighted by atomic mass is 16.5. The minimum Gasteiger partial charge on any atom is -0.495 e. The van der Waals surface area contributed by atoms with E-state index in [1.165, 1.54) is 7.11 Å². The first-order valence-electron chi connectivity index (χ1n) is 12.6. The number of H-pyrrole nitrogens is 1. The minimum atomic E-state index is -0.209. The van der Waals surface area contributed by atoms with E-state index >= 15 is 0 Å². The first-order chi connectivity index (χ1) is 18.5. The molecule has 5 rings (SSSR count). The number of hydrogen-bond acceptors (Lipinski definition) is 7. The summed E-state index contributed by atoms with van der Waals surface area (Å²) >= 11 is 0. The van der Waals surface area contributed by atoms with Crippen LogP contribution in [0.15, 0.2) is 48.7 Å². The smallest absolute Gasteiger partial charge is 0.251 e. The van der Waals surface area contributed by atoms with E-state index in [-0.39, 0.29) is 17.9 Å². The number of nitrogens with zero attached hydrogens (tertiary/aromatic N) is 2. The van der Waals surface area contributed by atoms with E-state index < -0.39 is 0 Å². The molecule has 0 spiro atoms. The molecule has 0 bridgehead atoms. The third-order valence-electron chi connectivity index (χ3n) is 6.68. The van der Waals surface area contributed by atoms with E-state index in [0.717, 1.165) is 42.2 Å². The van der Waals surface area contributed by atoms with Crippen LogP contribution >= 0.6 is 0 Å². The molecular weight excluding hydrogens is 484 g/mol. The second-order valence-electron chi connectivity index (χ2n) is 9.08. The largest absolute Gasteiger partial charge is 0.495 e. The summed E-state index contributed by atoms with van der Waals surface area (Å²) in [6.07, 6.45) is 6.10. The Bertz CT molecular complexity index is 1490. The van der Waals surface area contributed by atoms with Gasteiger partial charge < -0.3 is 30.4 Å². The first kappa shape index (κ1) is 25.1. The lowest BCUT2D eigenvalue weighted by atomic mass is 10.0. The van der Waals surface area contributed by atoms with Gasteiger partial charge in [-0.15, -0.1) is 0 Å². The SMILES string of the molecule is CNC(=O)c1cccc(-c2c[nH]c3nc(Nc4ccc(C(=O)NC)cc4OC)nc(OC4CCCC4)c23)c1. The lowest BCUT2D eigenvalue weighted by molar-refractivity contribution is 0.0955.